The van der Waals surface area contributed by atoms with Gasteiger partial charge in [-0.3, -0.25) is 4.79 Å². The normalized spacial score (nSPS) is 17.5. The molecule has 0 saturated carbocycles. The topological polar surface area (TPSA) is 63.2 Å². The average molecular weight is 277 g/mol. The summed E-state index contributed by atoms with van der Waals surface area (Å²) in [5.41, 5.74) is 0.480. The van der Waals surface area contributed by atoms with Crippen LogP contribution in [0.5, 0.6) is 5.88 Å². The summed E-state index contributed by atoms with van der Waals surface area (Å²) >= 11 is 0. The molecule has 2 rings (SSSR count). The number of piperidine rings is 1. The van der Waals surface area contributed by atoms with Crippen molar-refractivity contribution in [2.75, 3.05) is 25.0 Å². The van der Waals surface area contributed by atoms with Crippen LogP contribution in [0.1, 0.15) is 33.1 Å². The molecule has 2 N–H and O–H groups in total. The number of rotatable bonds is 5. The number of nitrogens with zero attached hydrogens (tertiary/aromatic N) is 1. The lowest BCUT2D eigenvalue weighted by molar-refractivity contribution is -0.127. The van der Waals surface area contributed by atoms with Crippen molar-refractivity contribution >= 4 is 11.6 Å². The van der Waals surface area contributed by atoms with Gasteiger partial charge in [0.2, 0.25) is 11.8 Å². The zero-order chi connectivity index (χ0) is 14.4. The van der Waals surface area contributed by atoms with Crippen LogP contribution in [0.3, 0.4) is 0 Å². The fourth-order valence-electron chi connectivity index (χ4n) is 2.60. The molecule has 5 nitrogen and oxygen atoms in total. The number of ether oxygens (including phenoxy) is 1. The molecule has 1 aliphatic heterocycles. The summed E-state index contributed by atoms with van der Waals surface area (Å²) in [5, 5.41) is 6.29. The fourth-order valence-corrected chi connectivity index (χ4v) is 2.60. The van der Waals surface area contributed by atoms with Crippen molar-refractivity contribution in [2.45, 2.75) is 33.1 Å². The number of amides is 1. The van der Waals surface area contributed by atoms with E-state index in [0.717, 1.165) is 38.0 Å². The van der Waals surface area contributed by atoms with Gasteiger partial charge in [-0.25, -0.2) is 4.98 Å². The van der Waals surface area contributed by atoms with Gasteiger partial charge in [0.1, 0.15) is 0 Å². The number of hydrogen-bond donors (Lipinski definition) is 2. The van der Waals surface area contributed by atoms with Crippen molar-refractivity contribution in [1.29, 1.82) is 0 Å². The number of nitrogens with one attached hydrogen (secondary N) is 2. The van der Waals surface area contributed by atoms with Gasteiger partial charge in [-0.05, 0) is 45.3 Å². The van der Waals surface area contributed by atoms with Crippen LogP contribution in [-0.2, 0) is 4.79 Å². The van der Waals surface area contributed by atoms with E-state index >= 15 is 0 Å². The second-order valence-electron chi connectivity index (χ2n) is 5.16. The van der Waals surface area contributed by atoms with Crippen LogP contribution in [-0.4, -0.2) is 30.6 Å². The van der Waals surface area contributed by atoms with E-state index in [1.807, 2.05) is 13.0 Å². The van der Waals surface area contributed by atoms with E-state index in [0.29, 0.717) is 12.5 Å². The Labute approximate surface area is 120 Å². The molecule has 110 valence electrons. The second kappa shape index (κ2) is 6.70. The first-order valence-electron chi connectivity index (χ1n) is 7.31. The Bertz CT molecular complexity index is 439. The highest BCUT2D eigenvalue weighted by atomic mass is 16.5. The molecular weight excluding hydrogens is 254 g/mol. The zero-order valence-electron chi connectivity index (χ0n) is 12.2. The van der Waals surface area contributed by atoms with Crippen LogP contribution in [0.2, 0.25) is 0 Å². The quantitative estimate of drug-likeness (QED) is 0.866. The van der Waals surface area contributed by atoms with Crippen molar-refractivity contribution in [3.05, 3.63) is 18.3 Å². The van der Waals surface area contributed by atoms with E-state index in [1.54, 1.807) is 12.3 Å². The van der Waals surface area contributed by atoms with E-state index in [1.165, 1.54) is 0 Å². The number of carbonyl (C=O) groups is 1. The number of pyridine rings is 1. The standard InChI is InChI=1S/C15H23N3O2/c1-3-15(7-9-16-10-8-15)14(19)18-12-5-6-13(17-11-12)20-4-2/h5-6,11,16H,3-4,7-10H2,1-2H3,(H,18,19). The summed E-state index contributed by atoms with van der Waals surface area (Å²) in [6.45, 7) is 6.40. The Morgan fingerprint density at radius 2 is 2.15 bits per heavy atom. The van der Waals surface area contributed by atoms with Crippen LogP contribution in [0, 0.1) is 5.41 Å². The van der Waals surface area contributed by atoms with Crippen molar-refractivity contribution < 1.29 is 9.53 Å². The van der Waals surface area contributed by atoms with Gasteiger partial charge in [-0.2, -0.15) is 0 Å². The fraction of sp³-hybridized carbons (Fsp3) is 0.600. The van der Waals surface area contributed by atoms with Gasteiger partial charge in [0.25, 0.3) is 0 Å². The van der Waals surface area contributed by atoms with Gasteiger partial charge in [0.15, 0.2) is 0 Å². The first-order chi connectivity index (χ1) is 9.70. The van der Waals surface area contributed by atoms with E-state index in [9.17, 15) is 4.79 Å². The summed E-state index contributed by atoms with van der Waals surface area (Å²) in [5.74, 6) is 0.685. The van der Waals surface area contributed by atoms with E-state index < -0.39 is 0 Å². The second-order valence-corrected chi connectivity index (χ2v) is 5.16. The smallest absolute Gasteiger partial charge is 0.230 e. The Morgan fingerprint density at radius 3 is 2.70 bits per heavy atom. The maximum atomic E-state index is 12.5. The molecule has 0 aromatic carbocycles. The van der Waals surface area contributed by atoms with Crippen LogP contribution in [0.15, 0.2) is 18.3 Å². The first-order valence-corrected chi connectivity index (χ1v) is 7.31. The van der Waals surface area contributed by atoms with E-state index in [2.05, 4.69) is 22.5 Å². The molecule has 0 aliphatic carbocycles. The Balaban J connectivity index is 2.02. The largest absolute Gasteiger partial charge is 0.478 e. The van der Waals surface area contributed by atoms with Crippen molar-refractivity contribution in [3.63, 3.8) is 0 Å². The van der Waals surface area contributed by atoms with Crippen molar-refractivity contribution in [3.8, 4) is 5.88 Å². The lowest BCUT2D eigenvalue weighted by Gasteiger charge is -2.35. The Morgan fingerprint density at radius 1 is 1.40 bits per heavy atom. The van der Waals surface area contributed by atoms with E-state index in [4.69, 9.17) is 4.74 Å². The molecule has 0 spiro atoms. The highest BCUT2D eigenvalue weighted by Crippen LogP contribution is 2.33. The number of aromatic nitrogens is 1. The zero-order valence-corrected chi connectivity index (χ0v) is 12.2. The minimum absolute atomic E-state index is 0.104. The summed E-state index contributed by atoms with van der Waals surface area (Å²) in [6, 6.07) is 3.61. The van der Waals surface area contributed by atoms with Crippen molar-refractivity contribution in [1.82, 2.24) is 10.3 Å². The number of carbonyl (C=O) groups excluding carboxylic acids is 1. The SMILES string of the molecule is CCOc1ccc(NC(=O)C2(CC)CCNCC2)cn1. The Kier molecular flexibility index (Phi) is 4.95. The first kappa shape index (κ1) is 14.8. The lowest BCUT2D eigenvalue weighted by Crippen LogP contribution is -2.44. The van der Waals surface area contributed by atoms with Gasteiger partial charge >= 0.3 is 0 Å². The number of hydrogen-bond acceptors (Lipinski definition) is 4. The van der Waals surface area contributed by atoms with Crippen molar-refractivity contribution in [2.24, 2.45) is 5.41 Å². The molecule has 1 fully saturated rings. The predicted molar refractivity (Wildman–Crippen MR) is 78.9 cm³/mol. The van der Waals surface area contributed by atoms with Gasteiger partial charge in [0, 0.05) is 6.07 Å². The molecule has 1 amide bonds. The minimum Gasteiger partial charge on any atom is -0.478 e. The molecule has 5 heteroatoms. The number of anilines is 1. The van der Waals surface area contributed by atoms with Gasteiger partial charge < -0.3 is 15.4 Å². The highest BCUT2D eigenvalue weighted by Gasteiger charge is 2.37. The minimum atomic E-state index is -0.246. The molecule has 0 radical (unpaired) electrons. The van der Waals surface area contributed by atoms with E-state index in [-0.39, 0.29) is 11.3 Å². The lowest BCUT2D eigenvalue weighted by atomic mass is 9.76. The molecule has 1 aliphatic rings. The summed E-state index contributed by atoms with van der Waals surface area (Å²) < 4.78 is 5.29. The molecule has 1 saturated heterocycles. The van der Waals surface area contributed by atoms with Crippen LogP contribution >= 0.6 is 0 Å². The Hall–Kier alpha value is -1.62. The predicted octanol–water partition coefficient (Wildman–Crippen LogP) is 2.20. The average Bonchev–Trinajstić information content (AvgIpc) is 2.50. The molecule has 1 aromatic rings. The van der Waals surface area contributed by atoms with Crippen LogP contribution in [0.25, 0.3) is 0 Å². The van der Waals surface area contributed by atoms with Gasteiger partial charge in [-0.1, -0.05) is 6.92 Å². The van der Waals surface area contributed by atoms with Crippen LogP contribution < -0.4 is 15.4 Å². The third-order valence-corrected chi connectivity index (χ3v) is 4.01. The molecular formula is C15H23N3O2. The molecule has 2 heterocycles. The molecule has 0 atom stereocenters. The highest BCUT2D eigenvalue weighted by molar-refractivity contribution is 5.95. The monoisotopic (exact) mass is 277 g/mol. The van der Waals surface area contributed by atoms with Gasteiger partial charge in [0.05, 0.1) is 23.9 Å². The summed E-state index contributed by atoms with van der Waals surface area (Å²) in [7, 11) is 0. The third-order valence-electron chi connectivity index (χ3n) is 4.01. The summed E-state index contributed by atoms with van der Waals surface area (Å²) in [6.07, 6.45) is 4.29. The molecule has 20 heavy (non-hydrogen) atoms. The molecule has 1 aromatic heterocycles. The van der Waals surface area contributed by atoms with Crippen LogP contribution in [0.4, 0.5) is 5.69 Å². The maximum Gasteiger partial charge on any atom is 0.230 e. The molecule has 0 bridgehead atoms. The summed E-state index contributed by atoms with van der Waals surface area (Å²) in [4.78, 5) is 16.7. The molecule has 0 unspecified atom stereocenters. The maximum absolute atomic E-state index is 12.5. The van der Waals surface area contributed by atoms with Gasteiger partial charge in [-0.15, -0.1) is 0 Å². The third kappa shape index (κ3) is 3.28.